The van der Waals surface area contributed by atoms with E-state index >= 15 is 0 Å². The second-order valence-electron chi connectivity index (χ2n) is 8.48. The number of aliphatic carboxylic acids is 1. The molecule has 0 bridgehead atoms. The van der Waals surface area contributed by atoms with Crippen LogP contribution in [0.4, 0.5) is 0 Å². The Morgan fingerprint density at radius 3 is 2.57 bits per heavy atom. The molecule has 0 aromatic heterocycles. The van der Waals surface area contributed by atoms with Gasteiger partial charge in [0, 0.05) is 19.6 Å². The van der Waals surface area contributed by atoms with Crippen molar-refractivity contribution in [1.82, 2.24) is 4.90 Å². The van der Waals surface area contributed by atoms with Gasteiger partial charge in [-0.05, 0) is 41.7 Å². The van der Waals surface area contributed by atoms with Gasteiger partial charge >= 0.3 is 5.97 Å². The monoisotopic (exact) mass is 315 g/mol. The molecule has 3 nitrogen and oxygen atoms in total. The van der Waals surface area contributed by atoms with Crippen LogP contribution in [-0.4, -0.2) is 35.6 Å². The third kappa shape index (κ3) is 3.16. The van der Waals surface area contributed by atoms with Crippen LogP contribution in [0.2, 0.25) is 0 Å². The molecule has 1 aromatic carbocycles. The molecule has 126 valence electrons. The predicted molar refractivity (Wildman–Crippen MR) is 92.7 cm³/mol. The lowest BCUT2D eigenvalue weighted by atomic mass is 9.81. The van der Waals surface area contributed by atoms with E-state index in [4.69, 9.17) is 0 Å². The van der Waals surface area contributed by atoms with Crippen LogP contribution in [0.15, 0.2) is 24.3 Å². The molecule has 3 heteroatoms. The van der Waals surface area contributed by atoms with Crippen molar-refractivity contribution in [3.8, 4) is 0 Å². The molecule has 0 radical (unpaired) electrons. The summed E-state index contributed by atoms with van der Waals surface area (Å²) in [6, 6.07) is 8.91. The summed E-state index contributed by atoms with van der Waals surface area (Å²) in [7, 11) is 0. The Labute approximate surface area is 139 Å². The van der Waals surface area contributed by atoms with Crippen molar-refractivity contribution in [2.24, 2.45) is 11.3 Å². The second-order valence-corrected chi connectivity index (χ2v) is 8.48. The standard InChI is InChI=1S/C20H29NO2/c1-19(2,3)16-8-6-15(7-9-16)10-12-21-13-17-5-4-11-20(17,14-21)18(22)23/h6-9,17H,4-5,10-14H2,1-3H3,(H,22,23)/t17-,20+/m0/s1. The van der Waals surface area contributed by atoms with Crippen molar-refractivity contribution < 1.29 is 9.90 Å². The van der Waals surface area contributed by atoms with E-state index < -0.39 is 11.4 Å². The van der Waals surface area contributed by atoms with Crippen LogP contribution >= 0.6 is 0 Å². The summed E-state index contributed by atoms with van der Waals surface area (Å²) in [4.78, 5) is 14.1. The number of likely N-dealkylation sites (tertiary alicyclic amines) is 1. The van der Waals surface area contributed by atoms with Gasteiger partial charge in [0.25, 0.3) is 0 Å². The first kappa shape index (κ1) is 16.5. The maximum Gasteiger partial charge on any atom is 0.311 e. The highest BCUT2D eigenvalue weighted by Crippen LogP contribution is 2.48. The lowest BCUT2D eigenvalue weighted by molar-refractivity contribution is -0.149. The predicted octanol–water partition coefficient (Wildman–Crippen LogP) is 3.71. The summed E-state index contributed by atoms with van der Waals surface area (Å²) < 4.78 is 0. The van der Waals surface area contributed by atoms with E-state index in [0.29, 0.717) is 5.92 Å². The fraction of sp³-hybridized carbons (Fsp3) is 0.650. The minimum atomic E-state index is -0.572. The number of hydrogen-bond acceptors (Lipinski definition) is 2. The van der Waals surface area contributed by atoms with Crippen LogP contribution in [0.3, 0.4) is 0 Å². The number of carbonyl (C=O) groups is 1. The Balaban J connectivity index is 1.59. The molecule has 1 saturated carbocycles. The fourth-order valence-corrected chi connectivity index (χ4v) is 4.37. The lowest BCUT2D eigenvalue weighted by Gasteiger charge is -2.23. The average molecular weight is 315 g/mol. The summed E-state index contributed by atoms with van der Waals surface area (Å²) in [5, 5.41) is 9.66. The summed E-state index contributed by atoms with van der Waals surface area (Å²) >= 11 is 0. The number of carboxylic acid groups (broad SMARTS) is 1. The number of hydrogen-bond donors (Lipinski definition) is 1. The summed E-state index contributed by atoms with van der Waals surface area (Å²) in [5.41, 5.74) is 2.45. The third-order valence-corrected chi connectivity index (χ3v) is 5.90. The third-order valence-electron chi connectivity index (χ3n) is 5.90. The Kier molecular flexibility index (Phi) is 4.26. The number of benzene rings is 1. The molecule has 1 aliphatic carbocycles. The first-order chi connectivity index (χ1) is 10.8. The highest BCUT2D eigenvalue weighted by atomic mass is 16.4. The highest BCUT2D eigenvalue weighted by Gasteiger charge is 2.54. The minimum absolute atomic E-state index is 0.193. The molecule has 1 heterocycles. The van der Waals surface area contributed by atoms with Crippen molar-refractivity contribution >= 4 is 5.97 Å². The van der Waals surface area contributed by atoms with Gasteiger partial charge in [0.2, 0.25) is 0 Å². The van der Waals surface area contributed by atoms with Crippen LogP contribution in [0.1, 0.15) is 51.2 Å². The van der Waals surface area contributed by atoms with Gasteiger partial charge in [-0.1, -0.05) is 51.5 Å². The van der Waals surface area contributed by atoms with Crippen molar-refractivity contribution in [3.63, 3.8) is 0 Å². The van der Waals surface area contributed by atoms with E-state index in [9.17, 15) is 9.90 Å². The van der Waals surface area contributed by atoms with Gasteiger partial charge in [0.15, 0.2) is 0 Å². The van der Waals surface area contributed by atoms with Gasteiger partial charge in [-0.25, -0.2) is 0 Å². The van der Waals surface area contributed by atoms with E-state index in [1.807, 2.05) is 0 Å². The number of rotatable bonds is 4. The van der Waals surface area contributed by atoms with E-state index in [1.54, 1.807) is 0 Å². The molecule has 1 aromatic rings. The molecule has 0 spiro atoms. The summed E-state index contributed by atoms with van der Waals surface area (Å²) in [5.74, 6) is -0.208. The molecule has 1 saturated heterocycles. The number of nitrogens with zero attached hydrogens (tertiary/aromatic N) is 1. The van der Waals surface area contributed by atoms with Gasteiger partial charge in [0.1, 0.15) is 0 Å². The van der Waals surface area contributed by atoms with Crippen LogP contribution < -0.4 is 0 Å². The SMILES string of the molecule is CC(C)(C)c1ccc(CCN2C[C@@H]3CCC[C@@]3(C(=O)O)C2)cc1. The topological polar surface area (TPSA) is 40.5 Å². The van der Waals surface area contributed by atoms with Gasteiger partial charge < -0.3 is 10.0 Å². The van der Waals surface area contributed by atoms with E-state index in [0.717, 1.165) is 45.3 Å². The summed E-state index contributed by atoms with van der Waals surface area (Å²) in [6.45, 7) is 9.38. The van der Waals surface area contributed by atoms with Crippen molar-refractivity contribution in [2.45, 2.75) is 51.9 Å². The largest absolute Gasteiger partial charge is 0.481 e. The molecule has 3 rings (SSSR count). The Morgan fingerprint density at radius 2 is 2.00 bits per heavy atom. The highest BCUT2D eigenvalue weighted by molar-refractivity contribution is 5.76. The van der Waals surface area contributed by atoms with Crippen LogP contribution in [0.25, 0.3) is 0 Å². The normalized spacial score (nSPS) is 28.0. The minimum Gasteiger partial charge on any atom is -0.481 e. The van der Waals surface area contributed by atoms with Gasteiger partial charge in [-0.2, -0.15) is 0 Å². The van der Waals surface area contributed by atoms with Gasteiger partial charge in [-0.3, -0.25) is 4.79 Å². The zero-order valence-corrected chi connectivity index (χ0v) is 14.6. The second kappa shape index (κ2) is 5.94. The Bertz CT molecular complexity index is 572. The maximum absolute atomic E-state index is 11.7. The van der Waals surface area contributed by atoms with Crippen LogP contribution in [0, 0.1) is 11.3 Å². The molecular weight excluding hydrogens is 286 g/mol. The first-order valence-electron chi connectivity index (χ1n) is 8.86. The lowest BCUT2D eigenvalue weighted by Crippen LogP contribution is -2.36. The van der Waals surface area contributed by atoms with Crippen molar-refractivity contribution in [2.75, 3.05) is 19.6 Å². The molecule has 0 amide bonds. The molecule has 1 N–H and O–H groups in total. The quantitative estimate of drug-likeness (QED) is 0.921. The number of carboxylic acids is 1. The number of fused-ring (bicyclic) bond motifs is 1. The van der Waals surface area contributed by atoms with Crippen LogP contribution in [-0.2, 0) is 16.6 Å². The van der Waals surface area contributed by atoms with Gasteiger partial charge in [0.05, 0.1) is 5.41 Å². The Hall–Kier alpha value is -1.35. The zero-order valence-electron chi connectivity index (χ0n) is 14.6. The average Bonchev–Trinajstić information content (AvgIpc) is 3.02. The van der Waals surface area contributed by atoms with E-state index in [-0.39, 0.29) is 5.41 Å². The van der Waals surface area contributed by atoms with E-state index in [1.165, 1.54) is 11.1 Å². The fourth-order valence-electron chi connectivity index (χ4n) is 4.37. The zero-order chi connectivity index (χ0) is 16.7. The molecule has 23 heavy (non-hydrogen) atoms. The molecule has 2 atom stereocenters. The Morgan fingerprint density at radius 1 is 1.30 bits per heavy atom. The first-order valence-corrected chi connectivity index (χ1v) is 8.86. The van der Waals surface area contributed by atoms with Gasteiger partial charge in [-0.15, -0.1) is 0 Å². The molecule has 0 unspecified atom stereocenters. The van der Waals surface area contributed by atoms with E-state index in [2.05, 4.69) is 49.9 Å². The molecule has 2 aliphatic rings. The molecule has 2 fully saturated rings. The molecule has 1 aliphatic heterocycles. The van der Waals surface area contributed by atoms with Crippen LogP contribution in [0.5, 0.6) is 0 Å². The van der Waals surface area contributed by atoms with Crippen molar-refractivity contribution in [3.05, 3.63) is 35.4 Å². The smallest absolute Gasteiger partial charge is 0.311 e. The molecular formula is C20H29NO2. The summed E-state index contributed by atoms with van der Waals surface area (Å²) in [6.07, 6.45) is 4.04. The van der Waals surface area contributed by atoms with Crippen molar-refractivity contribution in [1.29, 1.82) is 0 Å². The maximum atomic E-state index is 11.7.